The predicted molar refractivity (Wildman–Crippen MR) is 103 cm³/mol. The second kappa shape index (κ2) is 8.49. The van der Waals surface area contributed by atoms with E-state index in [2.05, 4.69) is 10.6 Å². The molecule has 0 radical (unpaired) electrons. The molecule has 2 N–H and O–H groups in total. The molecule has 0 unspecified atom stereocenters. The van der Waals surface area contributed by atoms with E-state index in [1.165, 1.54) is 6.08 Å². The number of carbonyl (C=O) groups is 2. The highest BCUT2D eigenvalue weighted by Crippen LogP contribution is 2.23. The van der Waals surface area contributed by atoms with E-state index >= 15 is 0 Å². The van der Waals surface area contributed by atoms with E-state index in [0.29, 0.717) is 16.3 Å². The maximum atomic E-state index is 12.3. The van der Waals surface area contributed by atoms with Gasteiger partial charge in [0.1, 0.15) is 0 Å². The van der Waals surface area contributed by atoms with Crippen LogP contribution in [-0.4, -0.2) is 17.9 Å². The fraction of sp³-hybridized carbons (Fsp3) is 0.200. The molecule has 0 atom stereocenters. The van der Waals surface area contributed by atoms with Gasteiger partial charge in [0.05, 0.1) is 11.3 Å². The summed E-state index contributed by atoms with van der Waals surface area (Å²) < 4.78 is 0. The van der Waals surface area contributed by atoms with Crippen molar-refractivity contribution in [2.45, 2.75) is 26.8 Å². The molecule has 130 valence electrons. The summed E-state index contributed by atoms with van der Waals surface area (Å²) >= 11 is 6.15. The monoisotopic (exact) mass is 356 g/mol. The largest absolute Gasteiger partial charge is 0.350 e. The third kappa shape index (κ3) is 5.19. The van der Waals surface area contributed by atoms with Gasteiger partial charge in [-0.1, -0.05) is 41.9 Å². The molecule has 2 aromatic rings. The molecule has 0 aliphatic heterocycles. The van der Waals surface area contributed by atoms with E-state index in [1.54, 1.807) is 30.3 Å². The van der Waals surface area contributed by atoms with Crippen molar-refractivity contribution in [3.8, 4) is 0 Å². The number of amides is 2. The van der Waals surface area contributed by atoms with Crippen LogP contribution in [0.25, 0.3) is 5.57 Å². The lowest BCUT2D eigenvalue weighted by molar-refractivity contribution is -0.111. The first-order valence-corrected chi connectivity index (χ1v) is 8.40. The zero-order valence-electron chi connectivity index (χ0n) is 14.5. The van der Waals surface area contributed by atoms with E-state index in [0.717, 1.165) is 11.1 Å². The molecule has 0 aliphatic carbocycles. The topological polar surface area (TPSA) is 58.2 Å². The van der Waals surface area contributed by atoms with Crippen LogP contribution in [0.2, 0.25) is 5.02 Å². The predicted octanol–water partition coefficient (Wildman–Crippen LogP) is 4.52. The normalized spacial score (nSPS) is 11.3. The highest BCUT2D eigenvalue weighted by molar-refractivity contribution is 6.32. The van der Waals surface area contributed by atoms with Crippen LogP contribution in [0, 0.1) is 0 Å². The van der Waals surface area contributed by atoms with Gasteiger partial charge in [0, 0.05) is 17.1 Å². The number of allylic oxidation sites excluding steroid dienone is 1. The van der Waals surface area contributed by atoms with Crippen LogP contribution >= 0.6 is 11.6 Å². The first-order valence-electron chi connectivity index (χ1n) is 8.02. The van der Waals surface area contributed by atoms with Gasteiger partial charge in [-0.3, -0.25) is 9.59 Å². The van der Waals surface area contributed by atoms with Gasteiger partial charge in [-0.25, -0.2) is 0 Å². The smallest absolute Gasteiger partial charge is 0.253 e. The Kier molecular flexibility index (Phi) is 6.37. The van der Waals surface area contributed by atoms with E-state index < -0.39 is 0 Å². The summed E-state index contributed by atoms with van der Waals surface area (Å²) in [4.78, 5) is 24.6. The second-order valence-corrected chi connectivity index (χ2v) is 6.38. The van der Waals surface area contributed by atoms with Crippen molar-refractivity contribution < 1.29 is 9.59 Å². The van der Waals surface area contributed by atoms with Gasteiger partial charge in [0.25, 0.3) is 5.91 Å². The van der Waals surface area contributed by atoms with Crippen molar-refractivity contribution >= 4 is 34.7 Å². The van der Waals surface area contributed by atoms with Crippen molar-refractivity contribution in [3.05, 3.63) is 70.8 Å². The van der Waals surface area contributed by atoms with Gasteiger partial charge >= 0.3 is 0 Å². The first-order chi connectivity index (χ1) is 11.9. The molecule has 0 saturated heterocycles. The van der Waals surface area contributed by atoms with Crippen LogP contribution in [0.1, 0.15) is 36.7 Å². The molecule has 0 bridgehead atoms. The van der Waals surface area contributed by atoms with Crippen LogP contribution in [0.15, 0.2) is 54.6 Å². The number of benzene rings is 2. The molecule has 2 amide bonds. The SMILES string of the molecule is C/C(=C/C(=O)Nc1ccccc1C(=O)NC(C)C)c1ccccc1Cl. The van der Waals surface area contributed by atoms with E-state index in [4.69, 9.17) is 11.6 Å². The van der Waals surface area contributed by atoms with Crippen molar-refractivity contribution in [2.24, 2.45) is 0 Å². The van der Waals surface area contributed by atoms with Crippen molar-refractivity contribution in [3.63, 3.8) is 0 Å². The van der Waals surface area contributed by atoms with E-state index in [1.807, 2.05) is 39.0 Å². The second-order valence-electron chi connectivity index (χ2n) is 5.97. The van der Waals surface area contributed by atoms with Gasteiger partial charge in [-0.15, -0.1) is 0 Å². The Hall–Kier alpha value is -2.59. The molecule has 25 heavy (non-hydrogen) atoms. The van der Waals surface area contributed by atoms with Crippen LogP contribution < -0.4 is 10.6 Å². The standard InChI is InChI=1S/C20H21ClN2O2/c1-13(2)22-20(25)16-9-5-7-11-18(16)23-19(24)12-14(3)15-8-4-6-10-17(15)21/h4-13H,1-3H3,(H,22,25)(H,23,24)/b14-12-. The highest BCUT2D eigenvalue weighted by Gasteiger charge is 2.13. The number of hydrogen-bond donors (Lipinski definition) is 2. The lowest BCUT2D eigenvalue weighted by Crippen LogP contribution is -2.30. The van der Waals surface area contributed by atoms with Crippen LogP contribution in [0.4, 0.5) is 5.69 Å². The van der Waals surface area contributed by atoms with Crippen LogP contribution in [0.3, 0.4) is 0 Å². The van der Waals surface area contributed by atoms with Gasteiger partial charge in [-0.2, -0.15) is 0 Å². The van der Waals surface area contributed by atoms with Gasteiger partial charge in [0.15, 0.2) is 0 Å². The quantitative estimate of drug-likeness (QED) is 0.774. The summed E-state index contributed by atoms with van der Waals surface area (Å²) in [6.45, 7) is 5.59. The lowest BCUT2D eigenvalue weighted by Gasteiger charge is -2.12. The Bertz CT molecular complexity index is 813. The average molecular weight is 357 g/mol. The number of halogens is 1. The molecule has 4 nitrogen and oxygen atoms in total. The first kappa shape index (κ1) is 18.7. The average Bonchev–Trinajstić information content (AvgIpc) is 2.54. The van der Waals surface area contributed by atoms with Gasteiger partial charge in [0.2, 0.25) is 5.91 Å². The third-order valence-electron chi connectivity index (χ3n) is 3.50. The molecule has 5 heteroatoms. The maximum absolute atomic E-state index is 12.3. The highest BCUT2D eigenvalue weighted by atomic mass is 35.5. The van der Waals surface area contributed by atoms with Gasteiger partial charge < -0.3 is 10.6 Å². The minimum absolute atomic E-state index is 0.0126. The number of rotatable bonds is 5. The number of para-hydroxylation sites is 1. The summed E-state index contributed by atoms with van der Waals surface area (Å²) in [6, 6.07) is 14.2. The number of carbonyl (C=O) groups excluding carboxylic acids is 2. The zero-order chi connectivity index (χ0) is 18.4. The van der Waals surface area contributed by atoms with Crippen molar-refractivity contribution in [2.75, 3.05) is 5.32 Å². The zero-order valence-corrected chi connectivity index (χ0v) is 15.2. The Balaban J connectivity index is 2.20. The summed E-state index contributed by atoms with van der Waals surface area (Å²) in [6.07, 6.45) is 1.47. The van der Waals surface area contributed by atoms with Crippen molar-refractivity contribution in [1.82, 2.24) is 5.32 Å². The number of anilines is 1. The maximum Gasteiger partial charge on any atom is 0.253 e. The fourth-order valence-corrected chi connectivity index (χ4v) is 2.64. The summed E-state index contributed by atoms with van der Waals surface area (Å²) in [7, 11) is 0. The minimum Gasteiger partial charge on any atom is -0.350 e. The summed E-state index contributed by atoms with van der Waals surface area (Å²) in [5, 5.41) is 6.17. The molecule has 0 fully saturated rings. The molecule has 2 rings (SSSR count). The fourth-order valence-electron chi connectivity index (χ4n) is 2.35. The third-order valence-corrected chi connectivity index (χ3v) is 3.83. The lowest BCUT2D eigenvalue weighted by atomic mass is 10.1. The molecule has 0 heterocycles. The molecule has 0 saturated carbocycles. The molecular weight excluding hydrogens is 336 g/mol. The van der Waals surface area contributed by atoms with Crippen molar-refractivity contribution in [1.29, 1.82) is 0 Å². The van der Waals surface area contributed by atoms with E-state index in [-0.39, 0.29) is 17.9 Å². The Morgan fingerprint density at radius 2 is 1.60 bits per heavy atom. The molecule has 0 aliphatic rings. The molecule has 0 spiro atoms. The number of nitrogens with one attached hydrogen (secondary N) is 2. The summed E-state index contributed by atoms with van der Waals surface area (Å²) in [5.74, 6) is -0.542. The molecule has 0 aromatic heterocycles. The van der Waals surface area contributed by atoms with Crippen LogP contribution in [0.5, 0.6) is 0 Å². The van der Waals surface area contributed by atoms with E-state index in [9.17, 15) is 9.59 Å². The Morgan fingerprint density at radius 1 is 1.00 bits per heavy atom. The van der Waals surface area contributed by atoms with Crippen LogP contribution in [-0.2, 0) is 4.79 Å². The number of hydrogen-bond acceptors (Lipinski definition) is 2. The minimum atomic E-state index is -0.317. The molecule has 2 aromatic carbocycles. The summed E-state index contributed by atoms with van der Waals surface area (Å²) in [5.41, 5.74) is 2.43. The molecular formula is C20H21ClN2O2. The Labute approximate surface area is 152 Å². The van der Waals surface area contributed by atoms with Gasteiger partial charge in [-0.05, 0) is 50.1 Å². The Morgan fingerprint density at radius 3 is 2.24 bits per heavy atom.